The van der Waals surface area contributed by atoms with Crippen LogP contribution in [0.4, 0.5) is 0 Å². The number of esters is 1. The number of aliphatic hydroxyl groups excluding tert-OH is 1. The number of methoxy groups -OCH3 is 3. The summed E-state index contributed by atoms with van der Waals surface area (Å²) in [5.41, 5.74) is 0.543. The van der Waals surface area contributed by atoms with E-state index in [-0.39, 0.29) is 18.5 Å². The number of carbonyl (C=O) groups excluding carboxylic acids is 1. The van der Waals surface area contributed by atoms with E-state index in [9.17, 15) is 9.90 Å². The molecule has 1 aromatic rings. The Bertz CT molecular complexity index is 525. The van der Waals surface area contributed by atoms with Gasteiger partial charge < -0.3 is 24.1 Å². The molecular formula is C18H26O6. The quantitative estimate of drug-likeness (QED) is 0.771. The van der Waals surface area contributed by atoms with Crippen LogP contribution in [0.3, 0.4) is 0 Å². The van der Waals surface area contributed by atoms with E-state index >= 15 is 0 Å². The molecule has 0 aromatic heterocycles. The standard InChI is InChI=1S/C18H26O6/c1-21-15-9-13(10-16(22-2)17(15)23-3)14(19)11-24-18(20)12-7-5-4-6-8-12/h9-10,12,14,19H,4-8,11H2,1-3H3. The lowest BCUT2D eigenvalue weighted by Gasteiger charge is -2.21. The highest BCUT2D eigenvalue weighted by Gasteiger charge is 2.24. The highest BCUT2D eigenvalue weighted by Crippen LogP contribution is 2.39. The molecule has 1 atom stereocenters. The van der Waals surface area contributed by atoms with Crippen LogP contribution in [0.1, 0.15) is 43.8 Å². The molecule has 134 valence electrons. The van der Waals surface area contributed by atoms with E-state index in [1.807, 2.05) is 0 Å². The molecule has 6 heteroatoms. The summed E-state index contributed by atoms with van der Waals surface area (Å²) in [6, 6.07) is 3.31. The van der Waals surface area contributed by atoms with E-state index in [1.165, 1.54) is 27.8 Å². The zero-order valence-electron chi connectivity index (χ0n) is 14.5. The summed E-state index contributed by atoms with van der Waals surface area (Å²) >= 11 is 0. The highest BCUT2D eigenvalue weighted by atomic mass is 16.5. The second-order valence-electron chi connectivity index (χ2n) is 5.94. The minimum Gasteiger partial charge on any atom is -0.493 e. The van der Waals surface area contributed by atoms with Gasteiger partial charge in [-0.25, -0.2) is 0 Å². The minimum atomic E-state index is -0.953. The maximum atomic E-state index is 12.1. The first-order valence-corrected chi connectivity index (χ1v) is 8.25. The van der Waals surface area contributed by atoms with Crippen LogP contribution in [0.2, 0.25) is 0 Å². The molecule has 0 amide bonds. The molecule has 0 radical (unpaired) electrons. The van der Waals surface area contributed by atoms with Crippen molar-refractivity contribution >= 4 is 5.97 Å². The van der Waals surface area contributed by atoms with Crippen LogP contribution in [0.5, 0.6) is 17.2 Å². The first-order chi connectivity index (χ1) is 11.6. The molecule has 0 aliphatic heterocycles. The number of hydrogen-bond acceptors (Lipinski definition) is 6. The number of aliphatic hydroxyl groups is 1. The van der Waals surface area contributed by atoms with E-state index in [0.29, 0.717) is 22.8 Å². The van der Waals surface area contributed by atoms with Crippen LogP contribution >= 0.6 is 0 Å². The van der Waals surface area contributed by atoms with E-state index in [2.05, 4.69) is 0 Å². The van der Waals surface area contributed by atoms with Gasteiger partial charge in [0.05, 0.1) is 27.2 Å². The molecule has 0 bridgehead atoms. The van der Waals surface area contributed by atoms with Gasteiger partial charge in [0.2, 0.25) is 5.75 Å². The predicted molar refractivity (Wildman–Crippen MR) is 88.6 cm³/mol. The van der Waals surface area contributed by atoms with Crippen LogP contribution in [-0.2, 0) is 9.53 Å². The van der Waals surface area contributed by atoms with Crippen molar-refractivity contribution in [3.05, 3.63) is 17.7 Å². The zero-order chi connectivity index (χ0) is 17.5. The molecule has 1 N–H and O–H groups in total. The van der Waals surface area contributed by atoms with Gasteiger partial charge in [0.25, 0.3) is 0 Å². The van der Waals surface area contributed by atoms with Crippen molar-refractivity contribution in [2.75, 3.05) is 27.9 Å². The number of carbonyl (C=O) groups is 1. The van der Waals surface area contributed by atoms with Crippen molar-refractivity contribution in [1.82, 2.24) is 0 Å². The smallest absolute Gasteiger partial charge is 0.309 e. The summed E-state index contributed by atoms with van der Waals surface area (Å²) in [5.74, 6) is 1.09. The Balaban J connectivity index is 2.03. The third kappa shape index (κ3) is 4.32. The van der Waals surface area contributed by atoms with Gasteiger partial charge in [0.1, 0.15) is 12.7 Å². The van der Waals surface area contributed by atoms with Crippen LogP contribution in [0.25, 0.3) is 0 Å². The van der Waals surface area contributed by atoms with Gasteiger partial charge in [-0.2, -0.15) is 0 Å². The molecule has 1 saturated carbocycles. The normalized spacial score (nSPS) is 16.3. The first-order valence-electron chi connectivity index (χ1n) is 8.25. The topological polar surface area (TPSA) is 74.2 Å². The van der Waals surface area contributed by atoms with Crippen molar-refractivity contribution in [2.45, 2.75) is 38.2 Å². The van der Waals surface area contributed by atoms with E-state index in [1.54, 1.807) is 12.1 Å². The number of benzene rings is 1. The van der Waals surface area contributed by atoms with E-state index < -0.39 is 6.10 Å². The van der Waals surface area contributed by atoms with Gasteiger partial charge in [-0.15, -0.1) is 0 Å². The molecule has 24 heavy (non-hydrogen) atoms. The summed E-state index contributed by atoms with van der Waals surface area (Å²) in [6.45, 7) is -0.0893. The lowest BCUT2D eigenvalue weighted by Crippen LogP contribution is -2.22. The van der Waals surface area contributed by atoms with Gasteiger partial charge in [-0.1, -0.05) is 19.3 Å². The molecular weight excluding hydrogens is 312 g/mol. The summed E-state index contributed by atoms with van der Waals surface area (Å²) in [4.78, 5) is 12.1. The monoisotopic (exact) mass is 338 g/mol. The van der Waals surface area contributed by atoms with Gasteiger partial charge in [-0.3, -0.25) is 4.79 Å². The summed E-state index contributed by atoms with van der Waals surface area (Å²) in [6.07, 6.45) is 4.10. The minimum absolute atomic E-state index is 0.0362. The van der Waals surface area contributed by atoms with Gasteiger partial charge in [0.15, 0.2) is 11.5 Å². The average Bonchev–Trinajstić information content (AvgIpc) is 2.65. The number of hydrogen-bond donors (Lipinski definition) is 1. The third-order valence-corrected chi connectivity index (χ3v) is 4.39. The second kappa shape index (κ2) is 8.78. The SMILES string of the molecule is COc1cc(C(O)COC(=O)C2CCCCC2)cc(OC)c1OC. The number of ether oxygens (including phenoxy) is 4. The molecule has 1 unspecified atom stereocenters. The van der Waals surface area contributed by atoms with Crippen LogP contribution < -0.4 is 14.2 Å². The average molecular weight is 338 g/mol. The van der Waals surface area contributed by atoms with Gasteiger partial charge >= 0.3 is 5.97 Å². The van der Waals surface area contributed by atoms with Crippen LogP contribution in [-0.4, -0.2) is 39.0 Å². The molecule has 1 aromatic carbocycles. The first kappa shape index (κ1) is 18.4. The van der Waals surface area contributed by atoms with E-state index in [4.69, 9.17) is 18.9 Å². The molecule has 1 aliphatic carbocycles. The molecule has 6 nitrogen and oxygen atoms in total. The fourth-order valence-corrected chi connectivity index (χ4v) is 3.01. The zero-order valence-corrected chi connectivity index (χ0v) is 14.5. The fourth-order valence-electron chi connectivity index (χ4n) is 3.01. The maximum absolute atomic E-state index is 12.1. The third-order valence-electron chi connectivity index (χ3n) is 4.39. The summed E-state index contributed by atoms with van der Waals surface area (Å²) in [7, 11) is 4.54. The highest BCUT2D eigenvalue weighted by molar-refractivity contribution is 5.72. The molecule has 1 fully saturated rings. The summed E-state index contributed by atoms with van der Waals surface area (Å²) < 4.78 is 21.1. The molecule has 1 aliphatic rings. The predicted octanol–water partition coefficient (Wildman–Crippen LogP) is 2.87. The Morgan fingerprint density at radius 1 is 1.08 bits per heavy atom. The second-order valence-corrected chi connectivity index (χ2v) is 5.94. The Morgan fingerprint density at radius 2 is 1.67 bits per heavy atom. The largest absolute Gasteiger partial charge is 0.493 e. The van der Waals surface area contributed by atoms with Crippen molar-refractivity contribution in [1.29, 1.82) is 0 Å². The lowest BCUT2D eigenvalue weighted by molar-refractivity contribution is -0.152. The van der Waals surface area contributed by atoms with E-state index in [0.717, 1.165) is 25.7 Å². The van der Waals surface area contributed by atoms with Gasteiger partial charge in [-0.05, 0) is 30.5 Å². The van der Waals surface area contributed by atoms with Gasteiger partial charge in [0, 0.05) is 0 Å². The molecule has 0 heterocycles. The Hall–Kier alpha value is -1.95. The Kier molecular flexibility index (Phi) is 6.73. The van der Waals surface area contributed by atoms with Crippen molar-refractivity contribution < 1.29 is 28.8 Å². The lowest BCUT2D eigenvalue weighted by atomic mass is 9.89. The Labute approximate surface area is 142 Å². The number of rotatable bonds is 7. The maximum Gasteiger partial charge on any atom is 0.309 e. The molecule has 2 rings (SSSR count). The van der Waals surface area contributed by atoms with Crippen molar-refractivity contribution in [3.63, 3.8) is 0 Å². The van der Waals surface area contributed by atoms with Crippen LogP contribution in [0.15, 0.2) is 12.1 Å². The molecule has 0 spiro atoms. The Morgan fingerprint density at radius 3 is 2.17 bits per heavy atom. The molecule has 0 saturated heterocycles. The van der Waals surface area contributed by atoms with Crippen LogP contribution in [0, 0.1) is 5.92 Å². The van der Waals surface area contributed by atoms with Crippen molar-refractivity contribution in [3.8, 4) is 17.2 Å². The summed E-state index contributed by atoms with van der Waals surface area (Å²) in [5, 5.41) is 10.3. The fraction of sp³-hybridized carbons (Fsp3) is 0.611. The van der Waals surface area contributed by atoms with Crippen molar-refractivity contribution in [2.24, 2.45) is 5.92 Å².